The summed E-state index contributed by atoms with van der Waals surface area (Å²) in [5.41, 5.74) is 3.42. The van der Waals surface area contributed by atoms with Crippen LogP contribution in [0.15, 0.2) is 54.7 Å². The van der Waals surface area contributed by atoms with Crippen LogP contribution in [0.25, 0.3) is 43.9 Å². The molecule has 5 aromatic rings. The van der Waals surface area contributed by atoms with Gasteiger partial charge in [0.25, 0.3) is 0 Å². The molecule has 4 aromatic heterocycles. The fourth-order valence-electron chi connectivity index (χ4n) is 5.32. The summed E-state index contributed by atoms with van der Waals surface area (Å²) in [6.07, 6.45) is 4.69. The molecule has 1 aliphatic rings. The highest BCUT2D eigenvalue weighted by molar-refractivity contribution is 7.18. The fraction of sp³-hybridized carbons (Fsp3) is 0.258. The SMILES string of the molecule is C=CC(=O)N1Cc2cc(-c3nc(-c4cnc(C)nc4)c4ccsc4c3-c3c(F)cc(F)cc3OCCOC)nn2C(C)C1. The highest BCUT2D eigenvalue weighted by Gasteiger charge is 2.30. The van der Waals surface area contributed by atoms with Gasteiger partial charge in [-0.3, -0.25) is 9.48 Å². The second-order valence-corrected chi connectivity index (χ2v) is 11.1. The van der Waals surface area contributed by atoms with Crippen molar-refractivity contribution in [2.45, 2.75) is 26.4 Å². The van der Waals surface area contributed by atoms with E-state index in [4.69, 9.17) is 19.6 Å². The second kappa shape index (κ2) is 11.6. The van der Waals surface area contributed by atoms with Gasteiger partial charge in [-0.15, -0.1) is 11.3 Å². The van der Waals surface area contributed by atoms with Gasteiger partial charge in [0.15, 0.2) is 0 Å². The maximum absolute atomic E-state index is 15.9. The second-order valence-electron chi connectivity index (χ2n) is 10.2. The third-order valence-corrected chi connectivity index (χ3v) is 8.20. The molecule has 0 saturated heterocycles. The number of amides is 1. The lowest BCUT2D eigenvalue weighted by Gasteiger charge is -2.31. The van der Waals surface area contributed by atoms with Gasteiger partial charge in [0, 0.05) is 59.4 Å². The number of hydrogen-bond acceptors (Lipinski definition) is 8. The van der Waals surface area contributed by atoms with E-state index in [9.17, 15) is 9.18 Å². The summed E-state index contributed by atoms with van der Waals surface area (Å²) in [5.74, 6) is -1.09. The van der Waals surface area contributed by atoms with Crippen LogP contribution in [0.5, 0.6) is 5.75 Å². The summed E-state index contributed by atoms with van der Waals surface area (Å²) < 4.78 is 44.0. The van der Waals surface area contributed by atoms with Crippen molar-refractivity contribution in [3.63, 3.8) is 0 Å². The van der Waals surface area contributed by atoms with Gasteiger partial charge in [-0.25, -0.2) is 23.7 Å². The molecule has 9 nitrogen and oxygen atoms in total. The van der Waals surface area contributed by atoms with E-state index < -0.39 is 11.6 Å². The molecule has 0 bridgehead atoms. The average Bonchev–Trinajstić information content (AvgIpc) is 3.65. The molecule has 1 aliphatic heterocycles. The number of benzene rings is 1. The smallest absolute Gasteiger partial charge is 0.246 e. The largest absolute Gasteiger partial charge is 0.490 e. The zero-order valence-corrected chi connectivity index (χ0v) is 24.6. The molecule has 0 fully saturated rings. The summed E-state index contributed by atoms with van der Waals surface area (Å²) in [5, 5.41) is 7.55. The van der Waals surface area contributed by atoms with Crippen molar-refractivity contribution in [3.8, 4) is 39.5 Å². The van der Waals surface area contributed by atoms with E-state index in [1.54, 1.807) is 24.2 Å². The molecular weight excluding hydrogens is 574 g/mol. The van der Waals surface area contributed by atoms with E-state index in [1.165, 1.54) is 24.5 Å². The summed E-state index contributed by atoms with van der Waals surface area (Å²) in [6, 6.07) is 5.63. The van der Waals surface area contributed by atoms with E-state index in [-0.39, 0.29) is 36.5 Å². The van der Waals surface area contributed by atoms with Gasteiger partial charge < -0.3 is 14.4 Å². The van der Waals surface area contributed by atoms with Crippen LogP contribution in [0.2, 0.25) is 0 Å². The van der Waals surface area contributed by atoms with E-state index >= 15 is 4.39 Å². The van der Waals surface area contributed by atoms with Gasteiger partial charge in [-0.05, 0) is 37.4 Å². The van der Waals surface area contributed by atoms with E-state index in [1.807, 2.05) is 29.1 Å². The van der Waals surface area contributed by atoms with E-state index in [0.29, 0.717) is 51.8 Å². The van der Waals surface area contributed by atoms with Crippen molar-refractivity contribution in [2.24, 2.45) is 0 Å². The first-order valence-corrected chi connectivity index (χ1v) is 14.5. The molecule has 12 heteroatoms. The monoisotopic (exact) mass is 602 g/mol. The van der Waals surface area contributed by atoms with E-state index in [0.717, 1.165) is 23.2 Å². The number of aromatic nitrogens is 5. The zero-order valence-electron chi connectivity index (χ0n) is 23.8. The zero-order chi connectivity index (χ0) is 30.2. The first kappa shape index (κ1) is 28.6. The molecule has 0 radical (unpaired) electrons. The van der Waals surface area contributed by atoms with Gasteiger partial charge >= 0.3 is 0 Å². The summed E-state index contributed by atoms with van der Waals surface area (Å²) in [7, 11) is 1.52. The molecule has 1 amide bonds. The first-order valence-electron chi connectivity index (χ1n) is 13.6. The predicted octanol–water partition coefficient (Wildman–Crippen LogP) is 5.98. The van der Waals surface area contributed by atoms with Crippen molar-refractivity contribution >= 4 is 27.3 Å². The third kappa shape index (κ3) is 5.28. The Labute approximate surface area is 250 Å². The van der Waals surface area contributed by atoms with Crippen LogP contribution in [-0.2, 0) is 16.1 Å². The van der Waals surface area contributed by atoms with Crippen molar-refractivity contribution in [1.82, 2.24) is 29.6 Å². The van der Waals surface area contributed by atoms with Crippen molar-refractivity contribution in [2.75, 3.05) is 26.9 Å². The average molecular weight is 603 g/mol. The molecule has 43 heavy (non-hydrogen) atoms. The van der Waals surface area contributed by atoms with Crippen molar-refractivity contribution in [1.29, 1.82) is 0 Å². The lowest BCUT2D eigenvalue weighted by Crippen LogP contribution is -2.39. The van der Waals surface area contributed by atoms with Gasteiger partial charge in [0.05, 0.1) is 36.1 Å². The Morgan fingerprint density at radius 1 is 1.16 bits per heavy atom. The molecule has 6 rings (SSSR count). The minimum atomic E-state index is -0.795. The van der Waals surface area contributed by atoms with Crippen molar-refractivity contribution < 1.29 is 23.0 Å². The molecule has 0 N–H and O–H groups in total. The van der Waals surface area contributed by atoms with Gasteiger partial charge in [0.2, 0.25) is 5.91 Å². The number of carbonyl (C=O) groups excluding carboxylic acids is 1. The van der Waals surface area contributed by atoms with Crippen LogP contribution < -0.4 is 4.74 Å². The van der Waals surface area contributed by atoms with Crippen LogP contribution in [0.4, 0.5) is 8.78 Å². The van der Waals surface area contributed by atoms with Crippen LogP contribution >= 0.6 is 11.3 Å². The van der Waals surface area contributed by atoms with Crippen molar-refractivity contribution in [3.05, 3.63) is 77.8 Å². The Morgan fingerprint density at radius 2 is 1.95 bits per heavy atom. The molecule has 5 heterocycles. The number of nitrogens with zero attached hydrogens (tertiary/aromatic N) is 6. The highest BCUT2D eigenvalue weighted by atomic mass is 32.1. The van der Waals surface area contributed by atoms with Crippen LogP contribution in [0, 0.1) is 18.6 Å². The number of thiophene rings is 1. The van der Waals surface area contributed by atoms with Crippen LogP contribution in [0.3, 0.4) is 0 Å². The van der Waals surface area contributed by atoms with Crippen LogP contribution in [0.1, 0.15) is 24.5 Å². The van der Waals surface area contributed by atoms with E-state index in [2.05, 4.69) is 16.5 Å². The summed E-state index contributed by atoms with van der Waals surface area (Å²) in [4.78, 5) is 27.9. The number of ether oxygens (including phenoxy) is 2. The molecule has 220 valence electrons. The minimum absolute atomic E-state index is 0.0267. The topological polar surface area (TPSA) is 95.3 Å². The first-order chi connectivity index (χ1) is 20.8. The number of pyridine rings is 1. The number of methoxy groups -OCH3 is 1. The van der Waals surface area contributed by atoms with Gasteiger partial charge in [-0.1, -0.05) is 6.58 Å². The number of aryl methyl sites for hydroxylation is 1. The normalized spacial score (nSPS) is 14.6. The standard InChI is InChI=1S/C31H28F2N6O3S/c1-5-26(40)38-15-17(2)39-21(16-38)12-24(37-39)30-28(27-23(33)10-20(32)11-25(27)42-8-7-41-4)31-22(6-9-43-31)29(36-30)19-13-34-18(3)35-14-19/h5-6,9-14,17H,1,7-8,15-16H2,2-4H3. The third-order valence-electron chi connectivity index (χ3n) is 7.27. The lowest BCUT2D eigenvalue weighted by molar-refractivity contribution is -0.127. The quantitative estimate of drug-likeness (QED) is 0.159. The maximum Gasteiger partial charge on any atom is 0.246 e. The Balaban J connectivity index is 1.63. The molecule has 0 spiro atoms. The number of halogens is 2. The predicted molar refractivity (Wildman–Crippen MR) is 160 cm³/mol. The number of hydrogen-bond donors (Lipinski definition) is 0. The Hall–Kier alpha value is -4.55. The summed E-state index contributed by atoms with van der Waals surface area (Å²) >= 11 is 1.40. The Kier molecular flexibility index (Phi) is 7.72. The molecule has 1 aromatic carbocycles. The highest BCUT2D eigenvalue weighted by Crippen LogP contribution is 2.47. The lowest BCUT2D eigenvalue weighted by atomic mass is 9.97. The Bertz CT molecular complexity index is 1850. The van der Waals surface area contributed by atoms with Gasteiger partial charge in [0.1, 0.15) is 41.2 Å². The van der Waals surface area contributed by atoms with Crippen LogP contribution in [-0.4, -0.2) is 62.4 Å². The minimum Gasteiger partial charge on any atom is -0.490 e. The molecule has 1 atom stereocenters. The maximum atomic E-state index is 15.9. The molecular formula is C31H28F2N6O3S. The molecule has 0 saturated carbocycles. The summed E-state index contributed by atoms with van der Waals surface area (Å²) in [6.45, 7) is 8.49. The fourth-order valence-corrected chi connectivity index (χ4v) is 6.27. The number of carbonyl (C=O) groups is 1. The molecule has 1 unspecified atom stereocenters. The Morgan fingerprint density at radius 3 is 2.70 bits per heavy atom. The number of fused-ring (bicyclic) bond motifs is 2. The number of rotatable bonds is 8. The van der Waals surface area contributed by atoms with Gasteiger partial charge in [-0.2, -0.15) is 5.10 Å². The molecule has 0 aliphatic carbocycles.